The van der Waals surface area contributed by atoms with Gasteiger partial charge in [-0.3, -0.25) is 4.72 Å². The van der Waals surface area contributed by atoms with E-state index in [0.717, 1.165) is 5.69 Å². The minimum atomic E-state index is -3.67. The van der Waals surface area contributed by atoms with Crippen molar-refractivity contribution in [2.75, 3.05) is 23.7 Å². The highest BCUT2D eigenvalue weighted by molar-refractivity contribution is 7.93. The van der Waals surface area contributed by atoms with E-state index in [2.05, 4.69) is 4.72 Å². The molecule has 0 aliphatic carbocycles. The summed E-state index contributed by atoms with van der Waals surface area (Å²) in [5, 5.41) is 9.14. The number of nitrogens with one attached hydrogen (secondary N) is 1. The number of thiophene rings is 1. The summed E-state index contributed by atoms with van der Waals surface area (Å²) in [6.07, 6.45) is 0. The fourth-order valence-electron chi connectivity index (χ4n) is 2.02. The lowest BCUT2D eigenvalue weighted by Gasteiger charge is -2.18. The van der Waals surface area contributed by atoms with Crippen molar-refractivity contribution in [2.45, 2.75) is 18.4 Å². The number of nitrogens with zero attached hydrogens (tertiary/aromatic N) is 1. The van der Waals surface area contributed by atoms with Crippen LogP contribution in [0.2, 0.25) is 0 Å². The monoisotopic (exact) mass is 326 g/mol. The highest BCUT2D eigenvalue weighted by Gasteiger charge is 2.21. The Balaban J connectivity index is 2.40. The maximum Gasteiger partial charge on any atom is 0.263 e. The molecule has 0 fully saturated rings. The smallest absolute Gasteiger partial charge is 0.263 e. The molecule has 2 N–H and O–H groups in total. The maximum atomic E-state index is 12.5. The van der Waals surface area contributed by atoms with Gasteiger partial charge in [0.1, 0.15) is 4.90 Å². The van der Waals surface area contributed by atoms with E-state index in [4.69, 9.17) is 5.11 Å². The zero-order valence-electron chi connectivity index (χ0n) is 12.1. The van der Waals surface area contributed by atoms with E-state index in [1.54, 1.807) is 19.1 Å². The second-order valence-corrected chi connectivity index (χ2v) is 7.80. The molecule has 2 rings (SSSR count). The predicted molar refractivity (Wildman–Crippen MR) is 86.6 cm³/mol. The highest BCUT2D eigenvalue weighted by Crippen LogP contribution is 2.30. The average molecular weight is 326 g/mol. The summed E-state index contributed by atoms with van der Waals surface area (Å²) in [6, 6.07) is 8.72. The summed E-state index contributed by atoms with van der Waals surface area (Å²) in [5.41, 5.74) is 1.31. The molecule has 0 amide bonds. The number of aliphatic hydroxyl groups is 1. The van der Waals surface area contributed by atoms with E-state index in [-0.39, 0.29) is 11.5 Å². The molecule has 0 radical (unpaired) electrons. The lowest BCUT2D eigenvalue weighted by atomic mass is 10.2. The SMILES string of the molecule is Cc1sc(CO)cc1S(=O)(=O)Nc1ccccc1N(C)C. The molecular formula is C14H18N2O3S2. The van der Waals surface area contributed by atoms with Gasteiger partial charge in [-0.2, -0.15) is 0 Å². The molecule has 7 heteroatoms. The van der Waals surface area contributed by atoms with Crippen LogP contribution in [0.4, 0.5) is 11.4 Å². The molecule has 0 aliphatic heterocycles. The lowest BCUT2D eigenvalue weighted by molar-refractivity contribution is 0.285. The van der Waals surface area contributed by atoms with Gasteiger partial charge in [0.2, 0.25) is 0 Å². The summed E-state index contributed by atoms with van der Waals surface area (Å²) in [7, 11) is 0.0414. The van der Waals surface area contributed by atoms with Gasteiger partial charge in [0.05, 0.1) is 18.0 Å². The van der Waals surface area contributed by atoms with Crippen LogP contribution in [0.15, 0.2) is 35.2 Å². The molecule has 0 aliphatic rings. The zero-order valence-corrected chi connectivity index (χ0v) is 13.8. The van der Waals surface area contributed by atoms with Gasteiger partial charge in [-0.15, -0.1) is 11.3 Å². The van der Waals surface area contributed by atoms with Gasteiger partial charge < -0.3 is 10.0 Å². The fraction of sp³-hybridized carbons (Fsp3) is 0.286. The number of benzene rings is 1. The highest BCUT2D eigenvalue weighted by atomic mass is 32.2. The molecule has 1 heterocycles. The van der Waals surface area contributed by atoms with E-state index in [0.29, 0.717) is 15.4 Å². The maximum absolute atomic E-state index is 12.5. The van der Waals surface area contributed by atoms with Gasteiger partial charge in [0, 0.05) is 23.8 Å². The number of hydrogen-bond acceptors (Lipinski definition) is 5. The first-order valence-electron chi connectivity index (χ1n) is 6.34. The third-order valence-electron chi connectivity index (χ3n) is 3.00. The van der Waals surface area contributed by atoms with Crippen LogP contribution in [0.1, 0.15) is 9.75 Å². The van der Waals surface area contributed by atoms with Gasteiger partial charge in [0.25, 0.3) is 10.0 Å². The normalized spacial score (nSPS) is 11.4. The fourth-order valence-corrected chi connectivity index (χ4v) is 4.59. The molecule has 0 unspecified atom stereocenters. The zero-order chi connectivity index (χ0) is 15.6. The number of aliphatic hydroxyl groups excluding tert-OH is 1. The van der Waals surface area contributed by atoms with Crippen LogP contribution in [0.3, 0.4) is 0 Å². The first-order valence-corrected chi connectivity index (χ1v) is 8.64. The lowest BCUT2D eigenvalue weighted by Crippen LogP contribution is -2.17. The van der Waals surface area contributed by atoms with Crippen LogP contribution < -0.4 is 9.62 Å². The third kappa shape index (κ3) is 3.37. The minimum absolute atomic E-state index is 0.157. The Kier molecular flexibility index (Phi) is 4.55. The molecular weight excluding hydrogens is 308 g/mol. The summed E-state index contributed by atoms with van der Waals surface area (Å²) in [4.78, 5) is 3.35. The van der Waals surface area contributed by atoms with Crippen LogP contribution in [-0.4, -0.2) is 27.6 Å². The van der Waals surface area contributed by atoms with Crippen molar-refractivity contribution < 1.29 is 13.5 Å². The van der Waals surface area contributed by atoms with Crippen molar-refractivity contribution in [3.8, 4) is 0 Å². The van der Waals surface area contributed by atoms with Gasteiger partial charge >= 0.3 is 0 Å². The van der Waals surface area contributed by atoms with Crippen molar-refractivity contribution in [3.05, 3.63) is 40.1 Å². The molecule has 0 atom stereocenters. The molecule has 21 heavy (non-hydrogen) atoms. The molecule has 1 aromatic carbocycles. The van der Waals surface area contributed by atoms with Gasteiger partial charge in [-0.1, -0.05) is 12.1 Å². The Morgan fingerprint density at radius 3 is 2.52 bits per heavy atom. The quantitative estimate of drug-likeness (QED) is 0.885. The van der Waals surface area contributed by atoms with Crippen LogP contribution in [0.25, 0.3) is 0 Å². The van der Waals surface area contributed by atoms with Gasteiger partial charge in [-0.25, -0.2) is 8.42 Å². The van der Waals surface area contributed by atoms with Crippen LogP contribution in [0.5, 0.6) is 0 Å². The van der Waals surface area contributed by atoms with Gasteiger partial charge in [0.15, 0.2) is 0 Å². The van der Waals surface area contributed by atoms with E-state index in [1.165, 1.54) is 17.4 Å². The van der Waals surface area contributed by atoms with E-state index in [1.807, 2.05) is 31.1 Å². The van der Waals surface area contributed by atoms with Crippen LogP contribution in [0, 0.1) is 6.92 Å². The molecule has 0 saturated heterocycles. The van der Waals surface area contributed by atoms with Crippen LogP contribution in [-0.2, 0) is 16.6 Å². The molecule has 1 aromatic heterocycles. The summed E-state index contributed by atoms with van der Waals surface area (Å²) < 4.78 is 27.7. The summed E-state index contributed by atoms with van der Waals surface area (Å²) in [6.45, 7) is 1.57. The van der Waals surface area contributed by atoms with Crippen molar-refractivity contribution in [3.63, 3.8) is 0 Å². The number of aryl methyl sites for hydroxylation is 1. The van der Waals surface area contributed by atoms with Gasteiger partial charge in [-0.05, 0) is 25.1 Å². The first kappa shape index (κ1) is 15.8. The van der Waals surface area contributed by atoms with E-state index in [9.17, 15) is 8.42 Å². The Bertz CT molecular complexity index is 736. The van der Waals surface area contributed by atoms with Crippen molar-refractivity contribution in [1.82, 2.24) is 0 Å². The Morgan fingerprint density at radius 1 is 1.29 bits per heavy atom. The molecule has 0 spiro atoms. The summed E-state index contributed by atoms with van der Waals surface area (Å²) >= 11 is 1.28. The minimum Gasteiger partial charge on any atom is -0.391 e. The number of anilines is 2. The standard InChI is InChI=1S/C14H18N2O3S2/c1-10-14(8-11(9-17)20-10)21(18,19)15-12-6-4-5-7-13(12)16(2)3/h4-8,15,17H,9H2,1-3H3. The molecule has 2 aromatic rings. The summed E-state index contributed by atoms with van der Waals surface area (Å²) in [5.74, 6) is 0. The predicted octanol–water partition coefficient (Wildman–Crippen LogP) is 2.42. The third-order valence-corrected chi connectivity index (χ3v) is 5.65. The molecule has 0 bridgehead atoms. The Morgan fingerprint density at radius 2 is 1.95 bits per heavy atom. The van der Waals surface area contributed by atoms with Crippen molar-refractivity contribution >= 4 is 32.7 Å². The number of rotatable bonds is 5. The second-order valence-electron chi connectivity index (χ2n) is 4.81. The number of sulfonamides is 1. The Hall–Kier alpha value is -1.57. The van der Waals surface area contributed by atoms with Crippen LogP contribution >= 0.6 is 11.3 Å². The largest absolute Gasteiger partial charge is 0.391 e. The van der Waals surface area contributed by atoms with E-state index < -0.39 is 10.0 Å². The number of para-hydroxylation sites is 2. The van der Waals surface area contributed by atoms with E-state index >= 15 is 0 Å². The Labute approximate surface area is 128 Å². The van der Waals surface area contributed by atoms with Crippen molar-refractivity contribution in [2.24, 2.45) is 0 Å². The average Bonchev–Trinajstić information content (AvgIpc) is 2.81. The van der Waals surface area contributed by atoms with Crippen molar-refractivity contribution in [1.29, 1.82) is 0 Å². The molecule has 114 valence electrons. The molecule has 5 nitrogen and oxygen atoms in total. The molecule has 0 saturated carbocycles. The first-order chi connectivity index (χ1) is 9.85. The second kappa shape index (κ2) is 6.05. The topological polar surface area (TPSA) is 69.6 Å². The number of hydrogen-bond donors (Lipinski definition) is 2.